The largest absolute Gasteiger partial charge is 0.298 e. The van der Waals surface area contributed by atoms with E-state index in [2.05, 4.69) is 6.92 Å². The smallest absolute Gasteiger partial charge is 0.149 e. The van der Waals surface area contributed by atoms with E-state index in [0.29, 0.717) is 12.8 Å². The summed E-state index contributed by atoms with van der Waals surface area (Å²) >= 11 is 0. The quantitative estimate of drug-likeness (QED) is 0.571. The number of nitriles is 1. The Kier molecular flexibility index (Phi) is 6.37. The monoisotopic (exact) mass is 167 g/mol. The maximum Gasteiger partial charge on any atom is 0.149 e. The van der Waals surface area contributed by atoms with Crippen molar-refractivity contribution < 1.29 is 4.79 Å². The van der Waals surface area contributed by atoms with Crippen molar-refractivity contribution in [3.8, 4) is 6.07 Å². The fourth-order valence-corrected chi connectivity index (χ4v) is 1.11. The lowest BCUT2D eigenvalue weighted by Gasteiger charge is -2.03. The highest BCUT2D eigenvalue weighted by Gasteiger charge is 2.13. The van der Waals surface area contributed by atoms with Gasteiger partial charge in [0.15, 0.2) is 0 Å². The molecule has 0 aromatic carbocycles. The van der Waals surface area contributed by atoms with Crippen molar-refractivity contribution in [3.05, 3.63) is 0 Å². The second-order valence-corrected chi connectivity index (χ2v) is 3.01. The molecule has 0 N–H and O–H groups in total. The van der Waals surface area contributed by atoms with Gasteiger partial charge in [0.05, 0.1) is 6.07 Å². The number of unbranched alkanes of at least 4 members (excludes halogenated alkanes) is 2. The fraction of sp³-hybridized carbons (Fsp3) is 0.800. The van der Waals surface area contributed by atoms with Crippen LogP contribution < -0.4 is 0 Å². The minimum atomic E-state index is -0.359. The molecule has 0 fully saturated rings. The Morgan fingerprint density at radius 2 is 2.08 bits per heavy atom. The van der Waals surface area contributed by atoms with Gasteiger partial charge in [-0.2, -0.15) is 5.26 Å². The van der Waals surface area contributed by atoms with Crippen molar-refractivity contribution in [2.24, 2.45) is 5.92 Å². The van der Waals surface area contributed by atoms with Gasteiger partial charge in [-0.25, -0.2) is 0 Å². The van der Waals surface area contributed by atoms with Crippen molar-refractivity contribution in [3.63, 3.8) is 0 Å². The molecule has 2 nitrogen and oxygen atoms in total. The van der Waals surface area contributed by atoms with Gasteiger partial charge in [0.2, 0.25) is 0 Å². The molecule has 1 unspecified atom stereocenters. The predicted molar refractivity (Wildman–Crippen MR) is 48.5 cm³/mol. The first kappa shape index (κ1) is 11.2. The molecule has 0 amide bonds. The van der Waals surface area contributed by atoms with Gasteiger partial charge in [-0.05, 0) is 12.8 Å². The second-order valence-electron chi connectivity index (χ2n) is 3.01. The van der Waals surface area contributed by atoms with Crippen LogP contribution in [0.5, 0.6) is 0 Å². The molecule has 12 heavy (non-hydrogen) atoms. The van der Waals surface area contributed by atoms with Crippen molar-refractivity contribution in [2.45, 2.75) is 46.0 Å². The van der Waals surface area contributed by atoms with Gasteiger partial charge in [0.1, 0.15) is 11.7 Å². The van der Waals surface area contributed by atoms with E-state index in [1.807, 2.05) is 13.0 Å². The van der Waals surface area contributed by atoms with Crippen LogP contribution in [-0.4, -0.2) is 5.78 Å². The molecule has 0 aliphatic rings. The third kappa shape index (κ3) is 4.12. The molecule has 0 saturated heterocycles. The van der Waals surface area contributed by atoms with Crippen molar-refractivity contribution in [2.75, 3.05) is 0 Å². The van der Waals surface area contributed by atoms with Crippen LogP contribution in [0.2, 0.25) is 0 Å². The molecule has 0 bridgehead atoms. The van der Waals surface area contributed by atoms with Crippen LogP contribution in [0, 0.1) is 17.2 Å². The van der Waals surface area contributed by atoms with E-state index >= 15 is 0 Å². The van der Waals surface area contributed by atoms with Crippen molar-refractivity contribution in [1.29, 1.82) is 5.26 Å². The molecule has 1 atom stereocenters. The molecule has 68 valence electrons. The Morgan fingerprint density at radius 1 is 1.42 bits per heavy atom. The van der Waals surface area contributed by atoms with E-state index in [4.69, 9.17) is 5.26 Å². The first-order valence-corrected chi connectivity index (χ1v) is 4.68. The molecule has 0 aromatic heterocycles. The summed E-state index contributed by atoms with van der Waals surface area (Å²) in [6.45, 7) is 3.98. The second kappa shape index (κ2) is 6.84. The molecule has 2 heteroatoms. The van der Waals surface area contributed by atoms with Gasteiger partial charge in [-0.15, -0.1) is 0 Å². The summed E-state index contributed by atoms with van der Waals surface area (Å²) in [5, 5.41) is 8.58. The van der Waals surface area contributed by atoms with E-state index in [-0.39, 0.29) is 11.7 Å². The normalized spacial score (nSPS) is 12.1. The lowest BCUT2D eigenvalue weighted by Crippen LogP contribution is -2.10. The van der Waals surface area contributed by atoms with Gasteiger partial charge in [0, 0.05) is 6.42 Å². The summed E-state index contributed by atoms with van der Waals surface area (Å²) in [7, 11) is 0. The maximum absolute atomic E-state index is 11.3. The molecule has 0 spiro atoms. The van der Waals surface area contributed by atoms with E-state index in [9.17, 15) is 4.79 Å². The molecule has 0 heterocycles. The van der Waals surface area contributed by atoms with Gasteiger partial charge in [-0.1, -0.05) is 26.7 Å². The zero-order valence-electron chi connectivity index (χ0n) is 7.97. The van der Waals surface area contributed by atoms with Gasteiger partial charge in [-0.3, -0.25) is 4.79 Å². The lowest BCUT2D eigenvalue weighted by molar-refractivity contribution is -0.121. The standard InChI is InChI=1S/C10H17NO/c1-3-5-6-7-10(12)9(4-2)8-11/h9H,3-7H2,1-2H3. The average Bonchev–Trinajstić information content (AvgIpc) is 2.07. The fourth-order valence-electron chi connectivity index (χ4n) is 1.11. The summed E-state index contributed by atoms with van der Waals surface area (Å²) in [5.74, 6) is -0.240. The van der Waals surface area contributed by atoms with Gasteiger partial charge < -0.3 is 0 Å². The Balaban J connectivity index is 3.64. The Morgan fingerprint density at radius 3 is 2.50 bits per heavy atom. The van der Waals surface area contributed by atoms with Crippen molar-refractivity contribution >= 4 is 5.78 Å². The molecule has 0 aliphatic heterocycles. The van der Waals surface area contributed by atoms with Crippen LogP contribution >= 0.6 is 0 Å². The number of rotatable bonds is 6. The summed E-state index contributed by atoms with van der Waals surface area (Å²) in [4.78, 5) is 11.3. The number of Topliss-reactive ketones (excluding diaryl/α,β-unsaturated/α-hetero) is 1. The SMILES string of the molecule is CCCCCC(=O)C(C#N)CC. The number of carbonyl (C=O) groups is 1. The minimum Gasteiger partial charge on any atom is -0.298 e. The van der Waals surface area contributed by atoms with E-state index in [0.717, 1.165) is 19.3 Å². The van der Waals surface area contributed by atoms with Crippen molar-refractivity contribution in [1.82, 2.24) is 0 Å². The zero-order chi connectivity index (χ0) is 9.40. The third-order valence-corrected chi connectivity index (χ3v) is 1.98. The highest BCUT2D eigenvalue weighted by Crippen LogP contribution is 2.09. The topological polar surface area (TPSA) is 40.9 Å². The number of carbonyl (C=O) groups excluding carboxylic acids is 1. The number of hydrogen-bond donors (Lipinski definition) is 0. The third-order valence-electron chi connectivity index (χ3n) is 1.98. The van der Waals surface area contributed by atoms with Crippen LogP contribution in [0.4, 0.5) is 0 Å². The molecule has 0 saturated carbocycles. The van der Waals surface area contributed by atoms with Gasteiger partial charge in [0.25, 0.3) is 0 Å². The zero-order valence-corrected chi connectivity index (χ0v) is 7.97. The number of nitrogens with zero attached hydrogens (tertiary/aromatic N) is 1. The van der Waals surface area contributed by atoms with E-state index in [1.54, 1.807) is 0 Å². The Bertz CT molecular complexity index is 169. The number of hydrogen-bond acceptors (Lipinski definition) is 2. The van der Waals surface area contributed by atoms with Crippen LogP contribution in [0.3, 0.4) is 0 Å². The molecule has 0 aliphatic carbocycles. The van der Waals surface area contributed by atoms with Crippen LogP contribution in [0.15, 0.2) is 0 Å². The van der Waals surface area contributed by atoms with Crippen LogP contribution in [0.1, 0.15) is 46.0 Å². The first-order chi connectivity index (χ1) is 5.76. The van der Waals surface area contributed by atoms with Gasteiger partial charge >= 0.3 is 0 Å². The maximum atomic E-state index is 11.3. The predicted octanol–water partition coefficient (Wildman–Crippen LogP) is 2.69. The summed E-state index contributed by atoms with van der Waals surface area (Å²) in [6.07, 6.45) is 4.39. The first-order valence-electron chi connectivity index (χ1n) is 4.68. The minimum absolute atomic E-state index is 0.119. The molecular formula is C10H17NO. The summed E-state index contributed by atoms with van der Waals surface area (Å²) in [6, 6.07) is 2.03. The molecular weight excluding hydrogens is 150 g/mol. The Hall–Kier alpha value is -0.840. The molecule has 0 radical (unpaired) electrons. The Labute approximate surface area is 74.6 Å². The van der Waals surface area contributed by atoms with Crippen LogP contribution in [-0.2, 0) is 4.79 Å². The number of ketones is 1. The lowest BCUT2D eigenvalue weighted by atomic mass is 9.98. The van der Waals surface area contributed by atoms with E-state index in [1.165, 1.54) is 0 Å². The molecule has 0 rings (SSSR count). The summed E-state index contributed by atoms with van der Waals surface area (Å²) in [5.41, 5.74) is 0. The highest BCUT2D eigenvalue weighted by atomic mass is 16.1. The molecule has 0 aromatic rings. The van der Waals surface area contributed by atoms with Crippen LogP contribution in [0.25, 0.3) is 0 Å². The summed E-state index contributed by atoms with van der Waals surface area (Å²) < 4.78 is 0. The highest BCUT2D eigenvalue weighted by molar-refractivity contribution is 5.83. The van der Waals surface area contributed by atoms with E-state index < -0.39 is 0 Å². The average molecular weight is 167 g/mol.